The molecule has 4 heteroatoms. The summed E-state index contributed by atoms with van der Waals surface area (Å²) in [6.45, 7) is 1.30. The fraction of sp³-hybridized carbons (Fsp3) is 1.00. The van der Waals surface area contributed by atoms with Gasteiger partial charge < -0.3 is 20.4 Å². The van der Waals surface area contributed by atoms with Crippen LogP contribution in [0.3, 0.4) is 0 Å². The second kappa shape index (κ2) is 4.91. The molecule has 1 aliphatic rings. The van der Waals surface area contributed by atoms with Crippen LogP contribution in [0.5, 0.6) is 0 Å². The molecule has 13 heavy (non-hydrogen) atoms. The van der Waals surface area contributed by atoms with Crippen molar-refractivity contribution < 1.29 is 10.2 Å². The highest BCUT2D eigenvalue weighted by Gasteiger charge is 2.26. The van der Waals surface area contributed by atoms with Crippen LogP contribution in [0.4, 0.5) is 0 Å². The maximum Gasteiger partial charge on any atom is 0.0791 e. The molecule has 0 bridgehead atoms. The molecule has 1 unspecified atom stereocenters. The maximum absolute atomic E-state index is 9.49. The summed E-state index contributed by atoms with van der Waals surface area (Å²) in [4.78, 5) is 1.96. The number of hydrogen-bond donors (Lipinski definition) is 3. The summed E-state index contributed by atoms with van der Waals surface area (Å²) in [5.41, 5.74) is 0. The van der Waals surface area contributed by atoms with Gasteiger partial charge in [0.2, 0.25) is 0 Å². The van der Waals surface area contributed by atoms with Crippen LogP contribution in [0.15, 0.2) is 0 Å². The Morgan fingerprint density at radius 2 is 2.08 bits per heavy atom. The highest BCUT2D eigenvalue weighted by molar-refractivity contribution is 4.85. The number of nitrogens with one attached hydrogen (secondary N) is 1. The molecule has 0 spiro atoms. The van der Waals surface area contributed by atoms with E-state index in [9.17, 15) is 5.11 Å². The van der Waals surface area contributed by atoms with Crippen molar-refractivity contribution in [1.29, 1.82) is 0 Å². The molecular formula is C9H20N2O2. The van der Waals surface area contributed by atoms with Crippen LogP contribution in [-0.4, -0.2) is 60.5 Å². The van der Waals surface area contributed by atoms with Gasteiger partial charge in [-0.2, -0.15) is 0 Å². The summed E-state index contributed by atoms with van der Waals surface area (Å²) < 4.78 is 0. The second-order valence-corrected chi connectivity index (χ2v) is 4.15. The second-order valence-electron chi connectivity index (χ2n) is 4.15. The van der Waals surface area contributed by atoms with E-state index in [0.717, 1.165) is 12.8 Å². The SMILES string of the molecule is CN(C)CC(O)CNC1CC(O)C1. The van der Waals surface area contributed by atoms with E-state index in [1.807, 2.05) is 19.0 Å². The minimum atomic E-state index is -0.312. The Hall–Kier alpha value is -0.160. The molecule has 0 saturated heterocycles. The Labute approximate surface area is 79.6 Å². The Morgan fingerprint density at radius 1 is 1.46 bits per heavy atom. The molecule has 0 aromatic carbocycles. The van der Waals surface area contributed by atoms with Crippen LogP contribution >= 0.6 is 0 Å². The van der Waals surface area contributed by atoms with Crippen molar-refractivity contribution in [2.24, 2.45) is 0 Å². The van der Waals surface area contributed by atoms with Crippen LogP contribution in [0, 0.1) is 0 Å². The molecule has 0 amide bonds. The van der Waals surface area contributed by atoms with Crippen molar-refractivity contribution in [3.63, 3.8) is 0 Å². The summed E-state index contributed by atoms with van der Waals surface area (Å²) in [7, 11) is 3.88. The van der Waals surface area contributed by atoms with Gasteiger partial charge in [0.1, 0.15) is 0 Å². The van der Waals surface area contributed by atoms with Gasteiger partial charge in [-0.1, -0.05) is 0 Å². The third-order valence-corrected chi connectivity index (χ3v) is 2.33. The van der Waals surface area contributed by atoms with Crippen molar-refractivity contribution in [3.8, 4) is 0 Å². The Kier molecular flexibility index (Phi) is 4.12. The molecule has 0 radical (unpaired) electrons. The lowest BCUT2D eigenvalue weighted by Crippen LogP contribution is -2.47. The average molecular weight is 188 g/mol. The van der Waals surface area contributed by atoms with Crippen LogP contribution in [-0.2, 0) is 0 Å². The first-order valence-corrected chi connectivity index (χ1v) is 4.82. The number of aliphatic hydroxyl groups excluding tert-OH is 2. The Balaban J connectivity index is 1.99. The summed E-state index contributed by atoms with van der Waals surface area (Å²) >= 11 is 0. The molecule has 0 aromatic heterocycles. The van der Waals surface area contributed by atoms with Crippen LogP contribution in [0.1, 0.15) is 12.8 Å². The Morgan fingerprint density at radius 3 is 2.54 bits per heavy atom. The molecule has 4 nitrogen and oxygen atoms in total. The first kappa shape index (κ1) is 10.9. The van der Waals surface area contributed by atoms with Gasteiger partial charge in [0.25, 0.3) is 0 Å². The third-order valence-electron chi connectivity index (χ3n) is 2.33. The highest BCUT2D eigenvalue weighted by Crippen LogP contribution is 2.18. The van der Waals surface area contributed by atoms with Crippen LogP contribution in [0.25, 0.3) is 0 Å². The summed E-state index contributed by atoms with van der Waals surface area (Å²) in [6, 6.07) is 0.409. The normalized spacial score (nSPS) is 30.2. The number of likely N-dealkylation sites (N-methyl/N-ethyl adjacent to an activating group) is 1. The zero-order valence-electron chi connectivity index (χ0n) is 8.40. The first-order valence-electron chi connectivity index (χ1n) is 4.82. The van der Waals surface area contributed by atoms with Crippen molar-refractivity contribution in [1.82, 2.24) is 10.2 Å². The predicted molar refractivity (Wildman–Crippen MR) is 51.6 cm³/mol. The van der Waals surface area contributed by atoms with E-state index < -0.39 is 0 Å². The van der Waals surface area contributed by atoms with E-state index in [1.165, 1.54) is 0 Å². The Bertz CT molecular complexity index is 147. The van der Waals surface area contributed by atoms with Gasteiger partial charge in [-0.15, -0.1) is 0 Å². The number of hydrogen-bond acceptors (Lipinski definition) is 4. The summed E-state index contributed by atoms with van der Waals surface area (Å²) in [6.07, 6.45) is 1.22. The molecule has 1 fully saturated rings. The summed E-state index contributed by atoms with van der Waals surface area (Å²) in [5, 5.41) is 21.7. The van der Waals surface area contributed by atoms with Gasteiger partial charge >= 0.3 is 0 Å². The standard InChI is InChI=1S/C9H20N2O2/c1-11(2)6-9(13)5-10-7-3-8(12)4-7/h7-10,12-13H,3-6H2,1-2H3. The molecular weight excluding hydrogens is 168 g/mol. The van der Waals surface area contributed by atoms with Gasteiger partial charge in [-0.3, -0.25) is 0 Å². The quantitative estimate of drug-likeness (QED) is 0.519. The van der Waals surface area contributed by atoms with Crippen molar-refractivity contribution in [2.75, 3.05) is 27.2 Å². The maximum atomic E-state index is 9.49. The van der Waals surface area contributed by atoms with E-state index in [2.05, 4.69) is 5.32 Å². The van der Waals surface area contributed by atoms with Crippen LogP contribution in [0.2, 0.25) is 0 Å². The van der Waals surface area contributed by atoms with Gasteiger partial charge in [0.05, 0.1) is 12.2 Å². The predicted octanol–water partition coefficient (Wildman–Crippen LogP) is -0.978. The minimum absolute atomic E-state index is 0.122. The molecule has 3 N–H and O–H groups in total. The zero-order valence-corrected chi connectivity index (χ0v) is 8.40. The largest absolute Gasteiger partial charge is 0.393 e. The smallest absolute Gasteiger partial charge is 0.0791 e. The molecule has 0 aliphatic heterocycles. The monoisotopic (exact) mass is 188 g/mol. The first-order chi connectivity index (χ1) is 6.08. The minimum Gasteiger partial charge on any atom is -0.393 e. The van der Waals surface area contributed by atoms with E-state index in [-0.39, 0.29) is 12.2 Å². The lowest BCUT2D eigenvalue weighted by molar-refractivity contribution is 0.0525. The topological polar surface area (TPSA) is 55.7 Å². The number of nitrogens with zero attached hydrogens (tertiary/aromatic N) is 1. The average Bonchev–Trinajstić information content (AvgIpc) is 1.94. The molecule has 0 heterocycles. The molecule has 1 atom stereocenters. The lowest BCUT2D eigenvalue weighted by atomic mass is 9.89. The van der Waals surface area contributed by atoms with Gasteiger partial charge in [-0.25, -0.2) is 0 Å². The fourth-order valence-electron chi connectivity index (χ4n) is 1.54. The zero-order chi connectivity index (χ0) is 9.84. The molecule has 0 aromatic rings. The number of aliphatic hydroxyl groups is 2. The van der Waals surface area contributed by atoms with E-state index in [4.69, 9.17) is 5.11 Å². The lowest BCUT2D eigenvalue weighted by Gasteiger charge is -2.33. The molecule has 78 valence electrons. The van der Waals surface area contributed by atoms with E-state index in [1.54, 1.807) is 0 Å². The van der Waals surface area contributed by atoms with Crippen molar-refractivity contribution >= 4 is 0 Å². The molecule has 1 aliphatic carbocycles. The fourth-order valence-corrected chi connectivity index (χ4v) is 1.54. The van der Waals surface area contributed by atoms with Crippen molar-refractivity contribution in [2.45, 2.75) is 31.1 Å². The van der Waals surface area contributed by atoms with Gasteiger partial charge in [0, 0.05) is 19.1 Å². The number of rotatable bonds is 5. The third kappa shape index (κ3) is 4.04. The van der Waals surface area contributed by atoms with Gasteiger partial charge in [-0.05, 0) is 26.9 Å². The molecule has 1 rings (SSSR count). The van der Waals surface area contributed by atoms with Crippen LogP contribution < -0.4 is 5.32 Å². The van der Waals surface area contributed by atoms with E-state index >= 15 is 0 Å². The van der Waals surface area contributed by atoms with Crippen molar-refractivity contribution in [3.05, 3.63) is 0 Å². The highest BCUT2D eigenvalue weighted by atomic mass is 16.3. The molecule has 1 saturated carbocycles. The summed E-state index contributed by atoms with van der Waals surface area (Å²) in [5.74, 6) is 0. The van der Waals surface area contributed by atoms with Gasteiger partial charge in [0.15, 0.2) is 0 Å². The van der Waals surface area contributed by atoms with E-state index in [0.29, 0.717) is 19.1 Å².